The number of allylic oxidation sites excluding steroid dienone is 2. The summed E-state index contributed by atoms with van der Waals surface area (Å²) in [5.41, 5.74) is 1.04. The molecule has 16 heavy (non-hydrogen) atoms. The Morgan fingerprint density at radius 3 is 3.00 bits per heavy atom. The molecule has 0 bridgehead atoms. The summed E-state index contributed by atoms with van der Waals surface area (Å²) in [6.45, 7) is 0. The molecule has 1 atom stereocenters. The molecule has 1 aliphatic heterocycles. The molecular weight excluding hydrogens is 222 g/mol. The number of ketones is 1. The lowest BCUT2D eigenvalue weighted by Gasteiger charge is -2.20. The molecule has 0 aromatic heterocycles. The van der Waals surface area contributed by atoms with Crippen molar-refractivity contribution in [2.45, 2.75) is 11.3 Å². The molecule has 80 valence electrons. The Bertz CT molecular complexity index is 584. The minimum atomic E-state index is -1.66. The summed E-state index contributed by atoms with van der Waals surface area (Å²) in [4.78, 5) is 17.2. The zero-order chi connectivity index (χ0) is 11.1. The number of aliphatic imine (C=N–C) groups is 1. The van der Waals surface area contributed by atoms with Crippen molar-refractivity contribution in [2.75, 3.05) is 0 Å². The zero-order valence-corrected chi connectivity index (χ0v) is 9.28. The average Bonchev–Trinajstić information content (AvgIpc) is 2.31. The summed E-state index contributed by atoms with van der Waals surface area (Å²) in [7, 11) is -1.66. The Morgan fingerprint density at radius 2 is 2.12 bits per heavy atom. The number of hydrogen-bond donors (Lipinski definition) is 0. The molecule has 0 N–H and O–H groups in total. The molecule has 1 unspecified atom stereocenters. The lowest BCUT2D eigenvalue weighted by atomic mass is 10.0. The summed E-state index contributed by atoms with van der Waals surface area (Å²) in [5, 5.41) is 0. The van der Waals surface area contributed by atoms with E-state index in [2.05, 4.69) is 4.99 Å². The van der Waals surface area contributed by atoms with Crippen LogP contribution in [-0.4, -0.2) is 20.9 Å². The molecule has 0 saturated heterocycles. The third-order valence-electron chi connectivity index (χ3n) is 2.64. The Kier molecular flexibility index (Phi) is 2.12. The molecule has 0 saturated carbocycles. The fourth-order valence-electron chi connectivity index (χ4n) is 1.86. The lowest BCUT2D eigenvalue weighted by molar-refractivity contribution is -0.112. The Morgan fingerprint density at radius 1 is 1.31 bits per heavy atom. The maximum atomic E-state index is 12.2. The third-order valence-corrected chi connectivity index (χ3v) is 4.25. The van der Waals surface area contributed by atoms with Crippen LogP contribution < -0.4 is 0 Å². The minimum Gasteiger partial charge on any atom is -0.646 e. The van der Waals surface area contributed by atoms with E-state index < -0.39 is 10.8 Å². The SMILES string of the molecule is O=C1CC=CC2=[SH+]([O-])c3ccccc3N=C12. The zero-order valence-electron chi connectivity index (χ0n) is 8.38. The predicted octanol–water partition coefficient (Wildman–Crippen LogP) is 1.31. The summed E-state index contributed by atoms with van der Waals surface area (Å²) >= 11 is 0. The maximum absolute atomic E-state index is 12.2. The van der Waals surface area contributed by atoms with Crippen LogP contribution in [0.1, 0.15) is 6.42 Å². The molecule has 0 spiro atoms. The van der Waals surface area contributed by atoms with Gasteiger partial charge in [0.1, 0.15) is 15.4 Å². The topological polar surface area (TPSA) is 52.5 Å². The largest absolute Gasteiger partial charge is 0.646 e. The summed E-state index contributed by atoms with van der Waals surface area (Å²) in [5.74, 6) is -0.0460. The molecule has 2 aliphatic rings. The molecular formula is C12H9NO2S. The van der Waals surface area contributed by atoms with Gasteiger partial charge in [0.2, 0.25) is 0 Å². The van der Waals surface area contributed by atoms with Crippen molar-refractivity contribution in [1.82, 2.24) is 0 Å². The second-order valence-electron chi connectivity index (χ2n) is 3.66. The molecule has 4 heteroatoms. The number of hydrogen-bond acceptors (Lipinski definition) is 3. The van der Waals surface area contributed by atoms with Crippen LogP contribution in [0.2, 0.25) is 0 Å². The van der Waals surface area contributed by atoms with Crippen LogP contribution in [0, 0.1) is 0 Å². The van der Waals surface area contributed by atoms with Gasteiger partial charge in [-0.15, -0.1) is 10.8 Å². The smallest absolute Gasteiger partial charge is 0.189 e. The van der Waals surface area contributed by atoms with E-state index in [1.165, 1.54) is 0 Å². The molecule has 0 amide bonds. The van der Waals surface area contributed by atoms with Crippen LogP contribution >= 0.6 is 0 Å². The number of nitrogens with zero attached hydrogens (tertiary/aromatic N) is 1. The standard InChI is InChI=1S/C12H9NO2S/c14-9-5-3-7-11-12(9)13-8-4-1-2-6-10(8)16(11)15/h1-4,6-7,16H,5H2. The second-order valence-corrected chi connectivity index (χ2v) is 5.21. The van der Waals surface area contributed by atoms with Gasteiger partial charge in [-0.1, -0.05) is 18.2 Å². The van der Waals surface area contributed by atoms with Gasteiger partial charge in [-0.05, 0) is 18.2 Å². The number of carbonyl (C=O) groups is 1. The van der Waals surface area contributed by atoms with Gasteiger partial charge in [0.05, 0.1) is 0 Å². The first-order valence-corrected chi connectivity index (χ1v) is 6.25. The predicted molar refractivity (Wildman–Crippen MR) is 65.1 cm³/mol. The van der Waals surface area contributed by atoms with Gasteiger partial charge in [0.25, 0.3) is 0 Å². The van der Waals surface area contributed by atoms with Crippen molar-refractivity contribution in [2.24, 2.45) is 4.99 Å². The van der Waals surface area contributed by atoms with Gasteiger partial charge in [0, 0.05) is 6.42 Å². The summed E-state index contributed by atoms with van der Waals surface area (Å²) in [6.07, 6.45) is 3.86. The first kappa shape index (κ1) is 9.69. The molecule has 1 aliphatic carbocycles. The number of carbonyl (C=O) groups excluding carboxylic acids is 1. The van der Waals surface area contributed by atoms with Crippen LogP contribution in [0.4, 0.5) is 5.69 Å². The van der Waals surface area contributed by atoms with E-state index in [1.807, 2.05) is 12.1 Å². The van der Waals surface area contributed by atoms with E-state index in [-0.39, 0.29) is 5.78 Å². The van der Waals surface area contributed by atoms with E-state index in [4.69, 9.17) is 0 Å². The van der Waals surface area contributed by atoms with Gasteiger partial charge in [-0.25, -0.2) is 4.99 Å². The van der Waals surface area contributed by atoms with E-state index in [1.54, 1.807) is 24.3 Å². The monoisotopic (exact) mass is 231 g/mol. The average molecular weight is 231 g/mol. The van der Waals surface area contributed by atoms with E-state index >= 15 is 0 Å². The Balaban J connectivity index is 2.33. The van der Waals surface area contributed by atoms with E-state index in [0.29, 0.717) is 22.7 Å². The molecule has 0 fully saturated rings. The Labute approximate surface area is 95.3 Å². The highest BCUT2D eigenvalue weighted by Gasteiger charge is 2.27. The highest BCUT2D eigenvalue weighted by atomic mass is 32.2. The van der Waals surface area contributed by atoms with Crippen molar-refractivity contribution >= 4 is 32.8 Å². The first-order valence-electron chi connectivity index (χ1n) is 4.99. The Hall–Kier alpha value is -1.52. The summed E-state index contributed by atoms with van der Waals surface area (Å²) < 4.78 is 12.2. The number of para-hydroxylation sites is 1. The first-order chi connectivity index (χ1) is 7.77. The van der Waals surface area contributed by atoms with Crippen LogP contribution in [0.25, 0.3) is 0 Å². The van der Waals surface area contributed by atoms with Gasteiger partial charge in [-0.3, -0.25) is 4.79 Å². The van der Waals surface area contributed by atoms with Gasteiger partial charge >= 0.3 is 0 Å². The molecule has 3 nitrogen and oxygen atoms in total. The number of benzene rings is 1. The summed E-state index contributed by atoms with van der Waals surface area (Å²) in [6, 6.07) is 7.26. The molecule has 1 aromatic rings. The fourth-order valence-corrected chi connectivity index (χ4v) is 3.28. The van der Waals surface area contributed by atoms with Crippen molar-refractivity contribution in [3.8, 4) is 0 Å². The second kappa shape index (κ2) is 3.50. The number of Topliss-reactive ketones (excluding diaryl/α,β-unsaturated/α-hetero) is 1. The molecule has 3 rings (SSSR count). The fraction of sp³-hybridized carbons (Fsp3) is 0.0833. The van der Waals surface area contributed by atoms with Crippen molar-refractivity contribution in [1.29, 1.82) is 0 Å². The van der Waals surface area contributed by atoms with Crippen molar-refractivity contribution < 1.29 is 9.35 Å². The van der Waals surface area contributed by atoms with Crippen LogP contribution in [0.15, 0.2) is 46.3 Å². The number of thiol groups is 1. The van der Waals surface area contributed by atoms with Crippen LogP contribution in [0.5, 0.6) is 0 Å². The van der Waals surface area contributed by atoms with E-state index in [0.717, 1.165) is 4.90 Å². The molecule has 1 aromatic carbocycles. The molecule has 1 heterocycles. The van der Waals surface area contributed by atoms with Crippen LogP contribution in [0.3, 0.4) is 0 Å². The highest BCUT2D eigenvalue weighted by Crippen LogP contribution is 2.28. The van der Waals surface area contributed by atoms with Crippen molar-refractivity contribution in [3.63, 3.8) is 0 Å². The molecule has 0 radical (unpaired) electrons. The highest BCUT2D eigenvalue weighted by molar-refractivity contribution is 7.93. The van der Waals surface area contributed by atoms with Crippen LogP contribution in [-0.2, 0) is 15.6 Å². The number of fused-ring (bicyclic) bond motifs is 2. The normalized spacial score (nSPS) is 22.6. The third kappa shape index (κ3) is 1.31. The number of rotatable bonds is 0. The van der Waals surface area contributed by atoms with Gasteiger partial charge in [0.15, 0.2) is 11.5 Å². The van der Waals surface area contributed by atoms with Gasteiger partial charge in [-0.2, -0.15) is 0 Å². The minimum absolute atomic E-state index is 0.0460. The maximum Gasteiger partial charge on any atom is 0.189 e. The van der Waals surface area contributed by atoms with Gasteiger partial charge < -0.3 is 4.55 Å². The quantitative estimate of drug-likeness (QED) is 0.384. The van der Waals surface area contributed by atoms with Crippen molar-refractivity contribution in [3.05, 3.63) is 36.4 Å². The lowest BCUT2D eigenvalue weighted by Crippen LogP contribution is -2.30. The van der Waals surface area contributed by atoms with E-state index in [9.17, 15) is 9.35 Å².